The van der Waals surface area contributed by atoms with E-state index in [1.54, 1.807) is 0 Å². The number of aliphatic hydroxyl groups is 1. The summed E-state index contributed by atoms with van der Waals surface area (Å²) in [5.41, 5.74) is -0.414. The predicted molar refractivity (Wildman–Crippen MR) is 80.3 cm³/mol. The Morgan fingerprint density at radius 3 is 2.26 bits per heavy atom. The van der Waals surface area contributed by atoms with E-state index in [2.05, 4.69) is 30.7 Å². The Bertz CT molecular complexity index is 266. The minimum absolute atomic E-state index is 0.414. The normalized spacial score (nSPS) is 34.9. The van der Waals surface area contributed by atoms with Crippen LogP contribution in [0.5, 0.6) is 0 Å². The molecule has 1 aliphatic carbocycles. The van der Waals surface area contributed by atoms with E-state index in [9.17, 15) is 5.11 Å². The van der Waals surface area contributed by atoms with Gasteiger partial charge in [0.15, 0.2) is 0 Å². The highest BCUT2D eigenvalue weighted by molar-refractivity contribution is 4.89. The van der Waals surface area contributed by atoms with Gasteiger partial charge >= 0.3 is 0 Å². The van der Waals surface area contributed by atoms with Crippen LogP contribution in [0.1, 0.15) is 52.4 Å². The smallest absolute Gasteiger partial charge is 0.0774 e. The zero-order valence-corrected chi connectivity index (χ0v) is 13.1. The molecule has 2 aliphatic rings. The SMILES string of the molecule is CCN1CCC(N(C)CC2(O)CCC(C)CC2)CC1. The van der Waals surface area contributed by atoms with Crippen LogP contribution in [0.25, 0.3) is 0 Å². The molecule has 0 amide bonds. The van der Waals surface area contributed by atoms with Crippen molar-refractivity contribution in [1.82, 2.24) is 9.80 Å². The maximum absolute atomic E-state index is 10.7. The van der Waals surface area contributed by atoms with Gasteiger partial charge in [0.2, 0.25) is 0 Å². The van der Waals surface area contributed by atoms with E-state index in [1.807, 2.05) is 0 Å². The second kappa shape index (κ2) is 6.55. The molecule has 0 bridgehead atoms. The van der Waals surface area contributed by atoms with E-state index in [0.29, 0.717) is 6.04 Å². The number of hydrogen-bond donors (Lipinski definition) is 1. The molecular formula is C16H32N2O. The van der Waals surface area contributed by atoms with Crippen molar-refractivity contribution in [2.24, 2.45) is 5.92 Å². The van der Waals surface area contributed by atoms with Crippen LogP contribution in [0.2, 0.25) is 0 Å². The first kappa shape index (κ1) is 15.3. The summed E-state index contributed by atoms with van der Waals surface area (Å²) in [6, 6.07) is 0.672. The molecule has 0 aromatic rings. The lowest BCUT2D eigenvalue weighted by Crippen LogP contribution is -2.50. The second-order valence-corrected chi connectivity index (χ2v) is 6.99. The molecule has 3 nitrogen and oxygen atoms in total. The third-order valence-corrected chi connectivity index (χ3v) is 5.38. The average molecular weight is 268 g/mol. The van der Waals surface area contributed by atoms with Crippen LogP contribution in [0, 0.1) is 5.92 Å². The summed E-state index contributed by atoms with van der Waals surface area (Å²) in [7, 11) is 2.21. The van der Waals surface area contributed by atoms with Crippen LogP contribution in [-0.4, -0.2) is 59.8 Å². The van der Waals surface area contributed by atoms with Gasteiger partial charge in [-0.2, -0.15) is 0 Å². The summed E-state index contributed by atoms with van der Waals surface area (Å²) in [6.45, 7) is 9.05. The topological polar surface area (TPSA) is 26.7 Å². The highest BCUT2D eigenvalue weighted by Crippen LogP contribution is 2.33. The Morgan fingerprint density at radius 1 is 1.16 bits per heavy atom. The van der Waals surface area contributed by atoms with Gasteiger partial charge < -0.3 is 14.9 Å². The second-order valence-electron chi connectivity index (χ2n) is 6.99. The standard InChI is InChI=1S/C16H32N2O/c1-4-18-11-7-15(8-12-18)17(3)13-16(19)9-5-14(2)6-10-16/h14-15,19H,4-13H2,1-3H3. The fraction of sp³-hybridized carbons (Fsp3) is 1.00. The molecule has 0 spiro atoms. The summed E-state index contributed by atoms with van der Waals surface area (Å²) in [4.78, 5) is 4.96. The average Bonchev–Trinajstić information content (AvgIpc) is 2.42. The van der Waals surface area contributed by atoms with Crippen LogP contribution in [0.15, 0.2) is 0 Å². The van der Waals surface area contributed by atoms with Gasteiger partial charge in [-0.3, -0.25) is 0 Å². The summed E-state index contributed by atoms with van der Waals surface area (Å²) in [6.07, 6.45) is 6.89. The fourth-order valence-electron chi connectivity index (χ4n) is 3.73. The molecule has 3 heteroatoms. The highest BCUT2D eigenvalue weighted by atomic mass is 16.3. The lowest BCUT2D eigenvalue weighted by Gasteiger charge is -2.42. The van der Waals surface area contributed by atoms with E-state index in [-0.39, 0.29) is 0 Å². The van der Waals surface area contributed by atoms with Crippen molar-refractivity contribution in [3.63, 3.8) is 0 Å². The monoisotopic (exact) mass is 268 g/mol. The fourth-order valence-corrected chi connectivity index (χ4v) is 3.73. The predicted octanol–water partition coefficient (Wildman–Crippen LogP) is 2.34. The molecular weight excluding hydrogens is 236 g/mol. The van der Waals surface area contributed by atoms with Gasteiger partial charge in [0.25, 0.3) is 0 Å². The maximum atomic E-state index is 10.7. The van der Waals surface area contributed by atoms with Gasteiger partial charge in [-0.25, -0.2) is 0 Å². The first-order chi connectivity index (χ1) is 9.02. The Morgan fingerprint density at radius 2 is 1.74 bits per heavy atom. The molecule has 1 N–H and O–H groups in total. The number of piperidine rings is 1. The molecule has 1 aliphatic heterocycles. The molecule has 2 fully saturated rings. The van der Waals surface area contributed by atoms with Crippen molar-refractivity contribution < 1.29 is 5.11 Å². The third-order valence-electron chi connectivity index (χ3n) is 5.38. The minimum Gasteiger partial charge on any atom is -0.389 e. The van der Waals surface area contributed by atoms with Crippen molar-refractivity contribution in [3.05, 3.63) is 0 Å². The van der Waals surface area contributed by atoms with E-state index in [1.165, 1.54) is 45.3 Å². The Balaban J connectivity index is 1.79. The van der Waals surface area contributed by atoms with Crippen molar-refractivity contribution in [3.8, 4) is 0 Å². The van der Waals surface area contributed by atoms with Crippen LogP contribution in [0.3, 0.4) is 0 Å². The van der Waals surface area contributed by atoms with Gasteiger partial charge in [0, 0.05) is 12.6 Å². The van der Waals surface area contributed by atoms with E-state index >= 15 is 0 Å². The van der Waals surface area contributed by atoms with Gasteiger partial charge in [-0.1, -0.05) is 13.8 Å². The largest absolute Gasteiger partial charge is 0.389 e. The molecule has 112 valence electrons. The molecule has 0 radical (unpaired) electrons. The number of hydrogen-bond acceptors (Lipinski definition) is 3. The number of nitrogens with zero attached hydrogens (tertiary/aromatic N) is 2. The first-order valence-electron chi connectivity index (χ1n) is 8.17. The van der Waals surface area contributed by atoms with E-state index in [4.69, 9.17) is 0 Å². The number of likely N-dealkylation sites (tertiary alicyclic amines) is 1. The number of rotatable bonds is 4. The van der Waals surface area contributed by atoms with Gasteiger partial charge in [0.05, 0.1) is 5.60 Å². The molecule has 1 saturated heterocycles. The summed E-state index contributed by atoms with van der Waals surface area (Å²) in [5.74, 6) is 0.804. The Kier molecular flexibility index (Phi) is 5.27. The molecule has 1 heterocycles. The lowest BCUT2D eigenvalue weighted by atomic mass is 9.79. The van der Waals surface area contributed by atoms with Crippen LogP contribution in [0.4, 0.5) is 0 Å². The van der Waals surface area contributed by atoms with Gasteiger partial charge in [0.1, 0.15) is 0 Å². The third kappa shape index (κ3) is 4.17. The summed E-state index contributed by atoms with van der Waals surface area (Å²) < 4.78 is 0. The molecule has 0 unspecified atom stereocenters. The van der Waals surface area contributed by atoms with Crippen LogP contribution in [-0.2, 0) is 0 Å². The molecule has 2 rings (SSSR count). The summed E-state index contributed by atoms with van der Waals surface area (Å²) in [5, 5.41) is 10.7. The van der Waals surface area contributed by atoms with Crippen LogP contribution < -0.4 is 0 Å². The zero-order chi connectivity index (χ0) is 13.9. The van der Waals surface area contributed by atoms with Crippen LogP contribution >= 0.6 is 0 Å². The molecule has 0 aromatic carbocycles. The van der Waals surface area contributed by atoms with E-state index < -0.39 is 5.60 Å². The highest BCUT2D eigenvalue weighted by Gasteiger charge is 2.34. The maximum Gasteiger partial charge on any atom is 0.0774 e. The van der Waals surface area contributed by atoms with Gasteiger partial charge in [-0.05, 0) is 71.1 Å². The zero-order valence-electron chi connectivity index (χ0n) is 13.1. The van der Waals surface area contributed by atoms with Crippen molar-refractivity contribution in [1.29, 1.82) is 0 Å². The number of likely N-dealkylation sites (N-methyl/N-ethyl adjacent to an activating group) is 1. The molecule has 0 atom stereocenters. The summed E-state index contributed by atoms with van der Waals surface area (Å²) >= 11 is 0. The van der Waals surface area contributed by atoms with Crippen molar-refractivity contribution in [2.75, 3.05) is 33.2 Å². The Hall–Kier alpha value is -0.120. The van der Waals surface area contributed by atoms with Gasteiger partial charge in [-0.15, -0.1) is 0 Å². The van der Waals surface area contributed by atoms with Crippen molar-refractivity contribution in [2.45, 2.75) is 64.0 Å². The Labute approximate surface area is 119 Å². The van der Waals surface area contributed by atoms with Crippen molar-refractivity contribution >= 4 is 0 Å². The molecule has 0 aromatic heterocycles. The molecule has 1 saturated carbocycles. The quantitative estimate of drug-likeness (QED) is 0.848. The lowest BCUT2D eigenvalue weighted by molar-refractivity contribution is -0.0426. The van der Waals surface area contributed by atoms with E-state index in [0.717, 1.165) is 25.3 Å². The minimum atomic E-state index is -0.414. The first-order valence-corrected chi connectivity index (χ1v) is 8.17. The molecule has 19 heavy (non-hydrogen) atoms.